The van der Waals surface area contributed by atoms with E-state index in [9.17, 15) is 13.6 Å². The third kappa shape index (κ3) is 3.94. The van der Waals surface area contributed by atoms with Crippen LogP contribution in [0.1, 0.15) is 16.2 Å². The number of hydrogen-bond donors (Lipinski definition) is 0. The molecule has 3 rings (SSSR count). The molecule has 0 aliphatic rings. The van der Waals surface area contributed by atoms with Crippen LogP contribution < -0.4 is 0 Å². The highest BCUT2D eigenvalue weighted by atomic mass is 35.5. The van der Waals surface area contributed by atoms with Crippen LogP contribution in [-0.2, 0) is 11.3 Å². The van der Waals surface area contributed by atoms with Crippen LogP contribution in [-0.4, -0.2) is 16.2 Å². The SMILES string of the molecule is O=C(OCc1nnc(-c2ccc(Cl)cc2)o1)c1cc(F)c(F)cc1Cl. The summed E-state index contributed by atoms with van der Waals surface area (Å²) in [7, 11) is 0. The smallest absolute Gasteiger partial charge is 0.340 e. The Morgan fingerprint density at radius 2 is 1.76 bits per heavy atom. The van der Waals surface area contributed by atoms with Gasteiger partial charge in [-0.3, -0.25) is 0 Å². The molecule has 2 aromatic carbocycles. The van der Waals surface area contributed by atoms with E-state index in [0.29, 0.717) is 22.7 Å². The Bertz CT molecular complexity index is 930. The molecule has 0 unspecified atom stereocenters. The van der Waals surface area contributed by atoms with Crippen molar-refractivity contribution in [3.05, 3.63) is 69.5 Å². The average Bonchev–Trinajstić information content (AvgIpc) is 3.05. The molecule has 0 fully saturated rings. The molecule has 3 aromatic rings. The maximum absolute atomic E-state index is 13.2. The summed E-state index contributed by atoms with van der Waals surface area (Å²) in [6.45, 7) is -0.352. The molecule has 9 heteroatoms. The number of esters is 1. The summed E-state index contributed by atoms with van der Waals surface area (Å²) >= 11 is 11.5. The zero-order chi connectivity index (χ0) is 18.0. The van der Waals surface area contributed by atoms with Crippen molar-refractivity contribution in [1.82, 2.24) is 10.2 Å². The van der Waals surface area contributed by atoms with Crippen molar-refractivity contribution < 1.29 is 22.7 Å². The van der Waals surface area contributed by atoms with Gasteiger partial charge in [-0.2, -0.15) is 0 Å². The highest BCUT2D eigenvalue weighted by Gasteiger charge is 2.18. The fourth-order valence-corrected chi connectivity index (χ4v) is 2.26. The lowest BCUT2D eigenvalue weighted by Crippen LogP contribution is -2.07. The molecule has 1 heterocycles. The molecule has 5 nitrogen and oxygen atoms in total. The van der Waals surface area contributed by atoms with Gasteiger partial charge in [-0.1, -0.05) is 23.2 Å². The summed E-state index contributed by atoms with van der Waals surface area (Å²) < 4.78 is 36.5. The van der Waals surface area contributed by atoms with E-state index >= 15 is 0 Å². The van der Waals surface area contributed by atoms with E-state index < -0.39 is 17.6 Å². The lowest BCUT2D eigenvalue weighted by Gasteiger charge is -2.05. The van der Waals surface area contributed by atoms with Crippen LogP contribution >= 0.6 is 23.2 Å². The quantitative estimate of drug-likeness (QED) is 0.482. The molecule has 0 radical (unpaired) electrons. The summed E-state index contributed by atoms with van der Waals surface area (Å²) in [6, 6.07) is 8.04. The van der Waals surface area contributed by atoms with E-state index in [1.54, 1.807) is 24.3 Å². The van der Waals surface area contributed by atoms with Gasteiger partial charge in [0, 0.05) is 10.6 Å². The average molecular weight is 385 g/mol. The molecule has 0 bridgehead atoms. The summed E-state index contributed by atoms with van der Waals surface area (Å²) in [6.07, 6.45) is 0. The second-order valence-electron chi connectivity index (χ2n) is 4.83. The first-order valence-corrected chi connectivity index (χ1v) is 7.59. The molecule has 0 saturated carbocycles. The van der Waals surface area contributed by atoms with E-state index in [0.717, 1.165) is 0 Å². The van der Waals surface area contributed by atoms with Crippen molar-refractivity contribution in [3.8, 4) is 11.5 Å². The third-order valence-electron chi connectivity index (χ3n) is 3.11. The normalized spacial score (nSPS) is 10.7. The maximum Gasteiger partial charge on any atom is 0.340 e. The summed E-state index contributed by atoms with van der Waals surface area (Å²) in [5.74, 6) is -3.08. The second-order valence-corrected chi connectivity index (χ2v) is 5.67. The number of carbonyl (C=O) groups is 1. The van der Waals surface area contributed by atoms with Gasteiger partial charge in [0.2, 0.25) is 5.89 Å². The number of hydrogen-bond acceptors (Lipinski definition) is 5. The largest absolute Gasteiger partial charge is 0.452 e. The Kier molecular flexibility index (Phi) is 4.96. The summed E-state index contributed by atoms with van der Waals surface area (Å²) in [5, 5.41) is 7.85. The van der Waals surface area contributed by atoms with Gasteiger partial charge in [-0.15, -0.1) is 10.2 Å². The van der Waals surface area contributed by atoms with Crippen LogP contribution in [0.5, 0.6) is 0 Å². The Balaban J connectivity index is 1.69. The highest BCUT2D eigenvalue weighted by molar-refractivity contribution is 6.33. The van der Waals surface area contributed by atoms with Gasteiger partial charge in [0.1, 0.15) is 0 Å². The van der Waals surface area contributed by atoms with Crippen LogP contribution in [0.25, 0.3) is 11.5 Å². The topological polar surface area (TPSA) is 65.2 Å². The van der Waals surface area contributed by atoms with Crippen LogP contribution in [0.3, 0.4) is 0 Å². The fourth-order valence-electron chi connectivity index (χ4n) is 1.91. The molecule has 0 atom stereocenters. The molecule has 25 heavy (non-hydrogen) atoms. The monoisotopic (exact) mass is 384 g/mol. The Labute approximate surface area is 150 Å². The number of halogens is 4. The number of carbonyl (C=O) groups excluding carboxylic acids is 1. The zero-order valence-corrected chi connectivity index (χ0v) is 13.8. The van der Waals surface area contributed by atoms with Crippen LogP contribution in [0.15, 0.2) is 40.8 Å². The van der Waals surface area contributed by atoms with Crippen molar-refractivity contribution in [2.45, 2.75) is 6.61 Å². The predicted octanol–water partition coefficient (Wildman–Crippen LogP) is 4.68. The fraction of sp³-hybridized carbons (Fsp3) is 0.0625. The van der Waals surface area contributed by atoms with E-state index in [-0.39, 0.29) is 29.0 Å². The number of rotatable bonds is 4. The molecule has 0 spiro atoms. The molecule has 0 saturated heterocycles. The van der Waals surface area contributed by atoms with Crippen molar-refractivity contribution in [2.75, 3.05) is 0 Å². The lowest BCUT2D eigenvalue weighted by molar-refractivity contribution is 0.0438. The summed E-state index contributed by atoms with van der Waals surface area (Å²) in [5.41, 5.74) is 0.330. The van der Waals surface area contributed by atoms with Crippen LogP contribution in [0.2, 0.25) is 10.0 Å². The van der Waals surface area contributed by atoms with Gasteiger partial charge < -0.3 is 9.15 Å². The van der Waals surface area contributed by atoms with Crippen molar-refractivity contribution in [2.24, 2.45) is 0 Å². The minimum absolute atomic E-state index is 0.0250. The van der Waals surface area contributed by atoms with Crippen molar-refractivity contribution in [3.63, 3.8) is 0 Å². The highest BCUT2D eigenvalue weighted by Crippen LogP contribution is 2.22. The van der Waals surface area contributed by atoms with Gasteiger partial charge >= 0.3 is 5.97 Å². The van der Waals surface area contributed by atoms with Crippen molar-refractivity contribution >= 4 is 29.2 Å². The van der Waals surface area contributed by atoms with E-state index in [2.05, 4.69) is 10.2 Å². The van der Waals surface area contributed by atoms with E-state index in [4.69, 9.17) is 32.4 Å². The Morgan fingerprint density at radius 1 is 1.08 bits per heavy atom. The zero-order valence-electron chi connectivity index (χ0n) is 12.3. The molecule has 0 aliphatic carbocycles. The molecular formula is C16H8Cl2F2N2O3. The first kappa shape index (κ1) is 17.3. The van der Waals surface area contributed by atoms with E-state index in [1.807, 2.05) is 0 Å². The number of benzene rings is 2. The molecule has 128 valence electrons. The minimum Gasteiger partial charge on any atom is -0.452 e. The molecular weight excluding hydrogens is 377 g/mol. The number of ether oxygens (including phenoxy) is 1. The number of nitrogens with zero attached hydrogens (tertiary/aromatic N) is 2. The maximum atomic E-state index is 13.2. The first-order valence-electron chi connectivity index (χ1n) is 6.84. The summed E-state index contributed by atoms with van der Waals surface area (Å²) in [4.78, 5) is 11.9. The van der Waals surface area contributed by atoms with Gasteiger partial charge in [0.15, 0.2) is 18.2 Å². The third-order valence-corrected chi connectivity index (χ3v) is 3.68. The molecule has 1 aromatic heterocycles. The standard InChI is InChI=1S/C16H8Cl2F2N2O3/c17-9-3-1-8(2-4-9)15-22-21-14(25-15)7-24-16(23)10-5-12(19)13(20)6-11(10)18/h1-6H,7H2. The van der Waals surface area contributed by atoms with Gasteiger partial charge in [-0.25, -0.2) is 13.6 Å². The minimum atomic E-state index is -1.21. The predicted molar refractivity (Wildman–Crippen MR) is 85.2 cm³/mol. The van der Waals surface area contributed by atoms with E-state index in [1.165, 1.54) is 0 Å². The van der Waals surface area contributed by atoms with Gasteiger partial charge in [-0.05, 0) is 36.4 Å². The van der Waals surface area contributed by atoms with Crippen LogP contribution in [0.4, 0.5) is 8.78 Å². The van der Waals surface area contributed by atoms with Gasteiger partial charge in [0.25, 0.3) is 5.89 Å². The lowest BCUT2D eigenvalue weighted by atomic mass is 10.2. The van der Waals surface area contributed by atoms with Gasteiger partial charge in [0.05, 0.1) is 10.6 Å². The second kappa shape index (κ2) is 7.16. The van der Waals surface area contributed by atoms with Crippen molar-refractivity contribution in [1.29, 1.82) is 0 Å². The molecule has 0 N–H and O–H groups in total. The molecule has 0 aliphatic heterocycles. The first-order chi connectivity index (χ1) is 11.9. The Hall–Kier alpha value is -2.51. The van der Waals surface area contributed by atoms with Crippen LogP contribution in [0, 0.1) is 11.6 Å². The number of aromatic nitrogens is 2. The molecule has 0 amide bonds. The Morgan fingerprint density at radius 3 is 2.48 bits per heavy atom.